The molecule has 0 radical (unpaired) electrons. The predicted octanol–water partition coefficient (Wildman–Crippen LogP) is -0.00700. The van der Waals surface area contributed by atoms with Crippen LogP contribution in [0.1, 0.15) is 18.9 Å². The SMILES string of the molecule is CC(O)CC1OCCN(CCc2ccccc2)C1C=O.CN.CN.CN. The maximum Gasteiger partial charge on any atom is 0.139 e. The first-order chi connectivity index (χ1) is 12.7. The molecule has 1 fully saturated rings. The first-order valence-corrected chi connectivity index (χ1v) is 8.97. The van der Waals surface area contributed by atoms with Crippen molar-refractivity contribution in [1.29, 1.82) is 0 Å². The van der Waals surface area contributed by atoms with Crippen LogP contribution in [0.15, 0.2) is 30.3 Å². The van der Waals surface area contributed by atoms with E-state index in [-0.39, 0.29) is 12.1 Å². The van der Waals surface area contributed by atoms with Gasteiger partial charge in [-0.2, -0.15) is 0 Å². The fraction of sp³-hybridized carbons (Fsp3) is 0.632. The van der Waals surface area contributed by atoms with Crippen LogP contribution in [0.2, 0.25) is 0 Å². The summed E-state index contributed by atoms with van der Waals surface area (Å²) in [7, 11) is 4.50. The number of carbonyl (C=O) groups is 1. The highest BCUT2D eigenvalue weighted by Crippen LogP contribution is 2.18. The van der Waals surface area contributed by atoms with Crippen molar-refractivity contribution in [1.82, 2.24) is 4.90 Å². The van der Waals surface area contributed by atoms with Crippen LogP contribution in [0.4, 0.5) is 0 Å². The number of aldehydes is 1. The number of morpholine rings is 1. The van der Waals surface area contributed by atoms with Gasteiger partial charge in [-0.05, 0) is 40.1 Å². The monoisotopic (exact) mass is 370 g/mol. The molecule has 3 unspecified atom stereocenters. The molecule has 1 aliphatic heterocycles. The second-order valence-electron chi connectivity index (χ2n) is 5.39. The lowest BCUT2D eigenvalue weighted by molar-refractivity contribution is -0.128. The van der Waals surface area contributed by atoms with E-state index in [9.17, 15) is 9.90 Å². The third kappa shape index (κ3) is 10.6. The first kappa shape index (κ1) is 26.9. The second-order valence-corrected chi connectivity index (χ2v) is 5.39. The summed E-state index contributed by atoms with van der Waals surface area (Å²) in [5.41, 5.74) is 14.8. The molecule has 1 aliphatic rings. The quantitative estimate of drug-likeness (QED) is 0.519. The summed E-state index contributed by atoms with van der Waals surface area (Å²) >= 11 is 0. The third-order valence-electron chi connectivity index (χ3n) is 3.76. The fourth-order valence-electron chi connectivity index (χ4n) is 2.70. The van der Waals surface area contributed by atoms with Crippen molar-refractivity contribution < 1.29 is 14.6 Å². The van der Waals surface area contributed by atoms with Crippen LogP contribution >= 0.6 is 0 Å². The number of nitrogens with zero attached hydrogens (tertiary/aromatic N) is 1. The lowest BCUT2D eigenvalue weighted by atomic mass is 10.0. The molecule has 7 heteroatoms. The van der Waals surface area contributed by atoms with E-state index in [4.69, 9.17) is 4.74 Å². The summed E-state index contributed by atoms with van der Waals surface area (Å²) in [6.45, 7) is 3.96. The molecule has 0 amide bonds. The number of aliphatic hydroxyl groups excluding tert-OH is 1. The smallest absolute Gasteiger partial charge is 0.139 e. The van der Waals surface area contributed by atoms with Gasteiger partial charge in [-0.25, -0.2) is 0 Å². The van der Waals surface area contributed by atoms with Crippen LogP contribution in [0.25, 0.3) is 0 Å². The molecule has 0 aromatic heterocycles. The number of carbonyl (C=O) groups excluding carboxylic acids is 1. The Kier molecular flexibility index (Phi) is 19.1. The summed E-state index contributed by atoms with van der Waals surface area (Å²) in [4.78, 5) is 13.5. The molecule has 26 heavy (non-hydrogen) atoms. The van der Waals surface area contributed by atoms with Crippen LogP contribution in [-0.4, -0.2) is 75.4 Å². The van der Waals surface area contributed by atoms with Crippen LogP contribution in [-0.2, 0) is 16.0 Å². The van der Waals surface area contributed by atoms with E-state index in [0.717, 1.165) is 25.8 Å². The Labute approximate surface area is 158 Å². The van der Waals surface area contributed by atoms with Gasteiger partial charge in [-0.3, -0.25) is 4.90 Å². The van der Waals surface area contributed by atoms with E-state index >= 15 is 0 Å². The number of rotatable bonds is 6. The molecule has 7 nitrogen and oxygen atoms in total. The second kappa shape index (κ2) is 18.4. The Morgan fingerprint density at radius 1 is 1.19 bits per heavy atom. The molecule has 2 rings (SSSR count). The van der Waals surface area contributed by atoms with Crippen LogP contribution < -0.4 is 17.2 Å². The average Bonchev–Trinajstić information content (AvgIpc) is 2.71. The van der Waals surface area contributed by atoms with E-state index in [1.165, 1.54) is 26.7 Å². The third-order valence-corrected chi connectivity index (χ3v) is 3.76. The number of hydrogen-bond acceptors (Lipinski definition) is 7. The number of ether oxygens (including phenoxy) is 1. The molecule has 1 heterocycles. The van der Waals surface area contributed by atoms with E-state index in [1.807, 2.05) is 18.2 Å². The van der Waals surface area contributed by atoms with Crippen molar-refractivity contribution in [3.63, 3.8) is 0 Å². The predicted molar refractivity (Wildman–Crippen MR) is 108 cm³/mol. The number of benzene rings is 1. The summed E-state index contributed by atoms with van der Waals surface area (Å²) in [6.07, 6.45) is 1.74. The Balaban J connectivity index is 0. The summed E-state index contributed by atoms with van der Waals surface area (Å²) in [6, 6.07) is 10.0. The molecule has 1 aromatic rings. The summed E-state index contributed by atoms with van der Waals surface area (Å²) < 4.78 is 5.64. The van der Waals surface area contributed by atoms with Gasteiger partial charge < -0.3 is 31.8 Å². The molecular formula is C19H38N4O3. The largest absolute Gasteiger partial charge is 0.393 e. The maximum absolute atomic E-state index is 11.4. The standard InChI is InChI=1S/C16H23NO3.3CH5N/c1-13(19)11-16-15(12-18)17(9-10-20-16)8-7-14-5-3-2-4-6-14;3*1-2/h2-6,12-13,15-16,19H,7-11H2,1H3;3*2H2,1H3. The average molecular weight is 371 g/mol. The Morgan fingerprint density at radius 2 is 1.77 bits per heavy atom. The molecule has 0 aliphatic carbocycles. The van der Waals surface area contributed by atoms with E-state index < -0.39 is 6.10 Å². The number of hydrogen-bond donors (Lipinski definition) is 4. The van der Waals surface area contributed by atoms with Gasteiger partial charge in [0.1, 0.15) is 6.29 Å². The van der Waals surface area contributed by atoms with Gasteiger partial charge in [0.05, 0.1) is 24.9 Å². The highest BCUT2D eigenvalue weighted by Gasteiger charge is 2.32. The van der Waals surface area contributed by atoms with Crippen molar-refractivity contribution in [2.75, 3.05) is 40.8 Å². The van der Waals surface area contributed by atoms with E-state index in [0.29, 0.717) is 13.0 Å². The molecule has 0 bridgehead atoms. The normalized spacial score (nSPS) is 20.2. The Hall–Kier alpha value is -1.35. The molecule has 1 aromatic carbocycles. The van der Waals surface area contributed by atoms with Gasteiger partial charge in [-0.15, -0.1) is 0 Å². The van der Waals surface area contributed by atoms with Crippen LogP contribution in [0.5, 0.6) is 0 Å². The van der Waals surface area contributed by atoms with Gasteiger partial charge in [0.2, 0.25) is 0 Å². The zero-order valence-electron chi connectivity index (χ0n) is 16.7. The van der Waals surface area contributed by atoms with E-state index in [2.05, 4.69) is 34.2 Å². The zero-order chi connectivity index (χ0) is 20.4. The Morgan fingerprint density at radius 3 is 2.27 bits per heavy atom. The summed E-state index contributed by atoms with van der Waals surface area (Å²) in [5.74, 6) is 0. The maximum atomic E-state index is 11.4. The minimum Gasteiger partial charge on any atom is -0.393 e. The minimum atomic E-state index is -0.448. The van der Waals surface area contributed by atoms with Crippen molar-refractivity contribution >= 4 is 6.29 Å². The highest BCUT2D eigenvalue weighted by atomic mass is 16.5. The molecule has 1 saturated heterocycles. The van der Waals surface area contributed by atoms with Gasteiger partial charge in [0.25, 0.3) is 0 Å². The van der Waals surface area contributed by atoms with E-state index in [1.54, 1.807) is 6.92 Å². The highest BCUT2D eigenvalue weighted by molar-refractivity contribution is 5.59. The lowest BCUT2D eigenvalue weighted by Crippen LogP contribution is -2.53. The zero-order valence-corrected chi connectivity index (χ0v) is 16.7. The molecule has 0 saturated carbocycles. The Bertz CT molecular complexity index is 419. The number of nitrogens with two attached hydrogens (primary N) is 3. The molecule has 7 N–H and O–H groups in total. The van der Waals surface area contributed by atoms with Crippen LogP contribution in [0.3, 0.4) is 0 Å². The van der Waals surface area contributed by atoms with Gasteiger partial charge in [0.15, 0.2) is 0 Å². The van der Waals surface area contributed by atoms with Crippen LogP contribution in [0, 0.1) is 0 Å². The number of aliphatic hydroxyl groups is 1. The molecule has 3 atom stereocenters. The van der Waals surface area contributed by atoms with Crippen molar-refractivity contribution in [2.45, 2.75) is 38.0 Å². The van der Waals surface area contributed by atoms with Crippen molar-refractivity contribution in [3.8, 4) is 0 Å². The fourth-order valence-corrected chi connectivity index (χ4v) is 2.70. The minimum absolute atomic E-state index is 0.197. The summed E-state index contributed by atoms with van der Waals surface area (Å²) in [5, 5.41) is 9.50. The van der Waals surface area contributed by atoms with Crippen molar-refractivity contribution in [2.24, 2.45) is 17.2 Å². The topological polar surface area (TPSA) is 128 Å². The lowest BCUT2D eigenvalue weighted by Gasteiger charge is -2.38. The molecular weight excluding hydrogens is 332 g/mol. The molecule has 152 valence electrons. The van der Waals surface area contributed by atoms with Gasteiger partial charge in [0, 0.05) is 19.5 Å². The molecule has 0 spiro atoms. The van der Waals surface area contributed by atoms with Gasteiger partial charge >= 0.3 is 0 Å². The van der Waals surface area contributed by atoms with Crippen molar-refractivity contribution in [3.05, 3.63) is 35.9 Å². The first-order valence-electron chi connectivity index (χ1n) is 8.97. The van der Waals surface area contributed by atoms with Gasteiger partial charge in [-0.1, -0.05) is 30.3 Å².